The molecular formula is C15H22N6O3. The molecule has 0 spiro atoms. The van der Waals surface area contributed by atoms with Crippen LogP contribution in [0.3, 0.4) is 0 Å². The molecule has 0 atom stereocenters. The number of nitrogens with zero attached hydrogens (tertiary/aromatic N) is 5. The minimum atomic E-state index is 0.0700. The van der Waals surface area contributed by atoms with Crippen LogP contribution in [-0.4, -0.2) is 45.4 Å². The van der Waals surface area contributed by atoms with Gasteiger partial charge in [0.15, 0.2) is 0 Å². The molecule has 0 aliphatic heterocycles. The molecule has 0 aliphatic carbocycles. The molecule has 0 unspecified atom stereocenters. The maximum absolute atomic E-state index is 5.51. The van der Waals surface area contributed by atoms with Gasteiger partial charge >= 0.3 is 12.0 Å². The van der Waals surface area contributed by atoms with Gasteiger partial charge in [0.1, 0.15) is 0 Å². The van der Waals surface area contributed by atoms with E-state index in [2.05, 4.69) is 44.3 Å². The van der Waals surface area contributed by atoms with Crippen molar-refractivity contribution in [1.29, 1.82) is 0 Å². The molecule has 2 aromatic rings. The van der Waals surface area contributed by atoms with Gasteiger partial charge in [-0.2, -0.15) is 9.97 Å². The Labute approximate surface area is 140 Å². The monoisotopic (exact) mass is 334 g/mol. The molecule has 2 rings (SSSR count). The van der Waals surface area contributed by atoms with Crippen molar-refractivity contribution in [2.75, 3.05) is 25.6 Å². The molecule has 0 fully saturated rings. The molecule has 9 heteroatoms. The molecule has 0 saturated carbocycles. The van der Waals surface area contributed by atoms with E-state index < -0.39 is 0 Å². The highest BCUT2D eigenvalue weighted by Crippen LogP contribution is 2.19. The molecule has 1 N–H and O–H groups in total. The van der Waals surface area contributed by atoms with E-state index in [1.54, 1.807) is 12.1 Å². The van der Waals surface area contributed by atoms with Crippen LogP contribution < -0.4 is 19.5 Å². The van der Waals surface area contributed by atoms with Gasteiger partial charge in [-0.1, -0.05) is 13.8 Å². The molecule has 0 aromatic carbocycles. The van der Waals surface area contributed by atoms with Crippen molar-refractivity contribution in [3.63, 3.8) is 0 Å². The summed E-state index contributed by atoms with van der Waals surface area (Å²) in [6.45, 7) is 7.46. The maximum atomic E-state index is 5.51. The fraction of sp³-hybridized carbons (Fsp3) is 0.533. The highest BCUT2D eigenvalue weighted by atomic mass is 16.5. The Morgan fingerprint density at radius 1 is 1.04 bits per heavy atom. The zero-order valence-corrected chi connectivity index (χ0v) is 14.3. The summed E-state index contributed by atoms with van der Waals surface area (Å²) in [4.78, 5) is 12.2. The van der Waals surface area contributed by atoms with Crippen molar-refractivity contribution in [2.24, 2.45) is 5.92 Å². The van der Waals surface area contributed by atoms with Gasteiger partial charge in [0.25, 0.3) is 0 Å². The van der Waals surface area contributed by atoms with Gasteiger partial charge in [0.05, 0.1) is 13.7 Å². The van der Waals surface area contributed by atoms with Gasteiger partial charge < -0.3 is 19.5 Å². The van der Waals surface area contributed by atoms with E-state index in [9.17, 15) is 0 Å². The van der Waals surface area contributed by atoms with Gasteiger partial charge in [-0.25, -0.2) is 0 Å². The lowest BCUT2D eigenvalue weighted by Crippen LogP contribution is -2.07. The zero-order valence-electron chi connectivity index (χ0n) is 14.3. The molecule has 0 saturated heterocycles. The van der Waals surface area contributed by atoms with Gasteiger partial charge in [-0.15, -0.1) is 15.2 Å². The largest absolute Gasteiger partial charge is 0.477 e. The third-order valence-corrected chi connectivity index (χ3v) is 2.87. The lowest BCUT2D eigenvalue weighted by Gasteiger charge is -2.08. The lowest BCUT2D eigenvalue weighted by atomic mass is 10.1. The summed E-state index contributed by atoms with van der Waals surface area (Å²) in [5, 5.41) is 10.9. The number of nitrogens with one attached hydrogen (secondary N) is 1. The highest BCUT2D eigenvalue weighted by Gasteiger charge is 2.10. The molecule has 130 valence electrons. The van der Waals surface area contributed by atoms with E-state index in [4.69, 9.17) is 14.2 Å². The Morgan fingerprint density at radius 2 is 1.75 bits per heavy atom. The first-order valence-electron chi connectivity index (χ1n) is 7.79. The Hall–Kier alpha value is -2.71. The smallest absolute Gasteiger partial charge is 0.331 e. The van der Waals surface area contributed by atoms with Crippen molar-refractivity contribution in [3.8, 4) is 23.8 Å². The summed E-state index contributed by atoms with van der Waals surface area (Å²) in [5.74, 6) is 1.64. The SMILES string of the molecule is CCNc1nc(OC)nc(Oc2ccc(OCCC(C)C)nn2)n1. The van der Waals surface area contributed by atoms with Crippen LogP contribution in [0, 0.1) is 5.92 Å². The van der Waals surface area contributed by atoms with Crippen LogP contribution in [-0.2, 0) is 0 Å². The fourth-order valence-electron chi connectivity index (χ4n) is 1.64. The number of rotatable bonds is 9. The summed E-state index contributed by atoms with van der Waals surface area (Å²) in [5.41, 5.74) is 0. The Kier molecular flexibility index (Phi) is 6.47. The molecule has 24 heavy (non-hydrogen) atoms. The number of methoxy groups -OCH3 is 1. The second-order valence-electron chi connectivity index (χ2n) is 5.30. The molecule has 0 radical (unpaired) electrons. The Bertz CT molecular complexity index is 636. The van der Waals surface area contributed by atoms with Gasteiger partial charge in [-0.3, -0.25) is 0 Å². The predicted molar refractivity (Wildman–Crippen MR) is 87.6 cm³/mol. The first kappa shape index (κ1) is 17.6. The molecule has 0 aliphatic rings. The Balaban J connectivity index is 2.01. The standard InChI is InChI=1S/C15H22N6O3/c1-5-16-13-17-14(22-4)19-15(18-13)24-12-7-6-11(20-21-12)23-9-8-10(2)3/h6-7,10H,5,8-9H2,1-4H3,(H,16,17,18,19). The van der Waals surface area contributed by atoms with Crippen LogP contribution in [0.15, 0.2) is 12.1 Å². The Morgan fingerprint density at radius 3 is 2.38 bits per heavy atom. The van der Waals surface area contributed by atoms with Crippen molar-refractivity contribution in [3.05, 3.63) is 12.1 Å². The summed E-state index contributed by atoms with van der Waals surface area (Å²) in [6.07, 6.45) is 0.956. The minimum absolute atomic E-state index is 0.0700. The van der Waals surface area contributed by atoms with Crippen molar-refractivity contribution in [1.82, 2.24) is 25.1 Å². The van der Waals surface area contributed by atoms with Crippen molar-refractivity contribution in [2.45, 2.75) is 27.2 Å². The molecule has 0 bridgehead atoms. The summed E-state index contributed by atoms with van der Waals surface area (Å²) >= 11 is 0. The molecular weight excluding hydrogens is 312 g/mol. The van der Waals surface area contributed by atoms with E-state index >= 15 is 0 Å². The average Bonchev–Trinajstić information content (AvgIpc) is 2.56. The first-order valence-corrected chi connectivity index (χ1v) is 7.79. The number of ether oxygens (including phenoxy) is 3. The first-order chi connectivity index (χ1) is 11.6. The predicted octanol–water partition coefficient (Wildman–Crippen LogP) is 2.32. The van der Waals surface area contributed by atoms with E-state index in [1.807, 2.05) is 6.92 Å². The molecule has 9 nitrogen and oxygen atoms in total. The van der Waals surface area contributed by atoms with Crippen LogP contribution in [0.2, 0.25) is 0 Å². The van der Waals surface area contributed by atoms with Crippen LogP contribution in [0.4, 0.5) is 5.95 Å². The van der Waals surface area contributed by atoms with Crippen molar-refractivity contribution < 1.29 is 14.2 Å². The van der Waals surface area contributed by atoms with Crippen molar-refractivity contribution >= 4 is 5.95 Å². The minimum Gasteiger partial charge on any atom is -0.477 e. The quantitative estimate of drug-likeness (QED) is 0.739. The third-order valence-electron chi connectivity index (χ3n) is 2.87. The van der Waals surface area contributed by atoms with E-state index in [-0.39, 0.29) is 17.9 Å². The molecule has 2 aromatic heterocycles. The number of anilines is 1. The van der Waals surface area contributed by atoms with Gasteiger partial charge in [-0.05, 0) is 19.3 Å². The molecule has 0 amide bonds. The topological polar surface area (TPSA) is 104 Å². The summed E-state index contributed by atoms with van der Waals surface area (Å²) < 4.78 is 16.0. The summed E-state index contributed by atoms with van der Waals surface area (Å²) in [6, 6.07) is 3.55. The number of hydrogen-bond donors (Lipinski definition) is 1. The van der Waals surface area contributed by atoms with E-state index in [0.717, 1.165) is 6.42 Å². The van der Waals surface area contributed by atoms with E-state index in [0.29, 0.717) is 30.9 Å². The summed E-state index contributed by atoms with van der Waals surface area (Å²) in [7, 11) is 1.47. The number of aromatic nitrogens is 5. The number of hydrogen-bond acceptors (Lipinski definition) is 9. The fourth-order valence-corrected chi connectivity index (χ4v) is 1.64. The zero-order chi connectivity index (χ0) is 17.4. The highest BCUT2D eigenvalue weighted by molar-refractivity contribution is 5.28. The second-order valence-corrected chi connectivity index (χ2v) is 5.30. The van der Waals surface area contributed by atoms with Gasteiger partial charge in [0.2, 0.25) is 17.7 Å². The van der Waals surface area contributed by atoms with E-state index in [1.165, 1.54) is 7.11 Å². The normalized spacial score (nSPS) is 10.5. The average molecular weight is 334 g/mol. The van der Waals surface area contributed by atoms with Crippen LogP contribution in [0.25, 0.3) is 0 Å². The van der Waals surface area contributed by atoms with Crippen LogP contribution in [0.1, 0.15) is 27.2 Å². The van der Waals surface area contributed by atoms with Crippen LogP contribution in [0.5, 0.6) is 23.8 Å². The maximum Gasteiger partial charge on any atom is 0.331 e. The van der Waals surface area contributed by atoms with Gasteiger partial charge in [0, 0.05) is 18.7 Å². The lowest BCUT2D eigenvalue weighted by molar-refractivity contribution is 0.274. The third kappa shape index (κ3) is 5.49. The molecule has 2 heterocycles. The van der Waals surface area contributed by atoms with Crippen LogP contribution >= 0.6 is 0 Å². The second kappa shape index (κ2) is 8.80.